The number of aromatic nitrogens is 3. The van der Waals surface area contributed by atoms with E-state index in [-0.39, 0.29) is 18.6 Å². The highest BCUT2D eigenvalue weighted by molar-refractivity contribution is 6.06. The first kappa shape index (κ1) is 32.8. The molecule has 2 saturated heterocycles. The summed E-state index contributed by atoms with van der Waals surface area (Å²) in [7, 11) is 2.11. The number of fused-ring (bicyclic) bond motifs is 2. The fourth-order valence-electron chi connectivity index (χ4n) is 7.60. The molecule has 0 bridgehead atoms. The van der Waals surface area contributed by atoms with Crippen LogP contribution in [-0.2, 0) is 24.4 Å². The molecular formula is C42H44N6O3. The van der Waals surface area contributed by atoms with Gasteiger partial charge in [-0.1, -0.05) is 78.9 Å². The number of likely N-dealkylation sites (tertiary alicyclic amines) is 1. The number of nitrogens with zero attached hydrogens (tertiary/aromatic N) is 6. The second-order valence-corrected chi connectivity index (χ2v) is 14.1. The molecule has 6 aromatic rings. The van der Waals surface area contributed by atoms with Crippen molar-refractivity contribution in [2.75, 3.05) is 46.3 Å². The zero-order valence-corrected chi connectivity index (χ0v) is 29.2. The lowest BCUT2D eigenvalue weighted by Crippen LogP contribution is -2.47. The maximum absolute atomic E-state index is 14.1. The van der Waals surface area contributed by atoms with Crippen LogP contribution in [0.25, 0.3) is 32.7 Å². The fourth-order valence-corrected chi connectivity index (χ4v) is 7.60. The van der Waals surface area contributed by atoms with Crippen molar-refractivity contribution in [2.45, 2.75) is 32.5 Å². The van der Waals surface area contributed by atoms with Crippen molar-refractivity contribution in [1.29, 1.82) is 0 Å². The first-order valence-corrected chi connectivity index (χ1v) is 18.0. The van der Waals surface area contributed by atoms with Crippen molar-refractivity contribution in [3.05, 3.63) is 127 Å². The van der Waals surface area contributed by atoms with Gasteiger partial charge in [-0.2, -0.15) is 0 Å². The predicted molar refractivity (Wildman–Crippen MR) is 201 cm³/mol. The van der Waals surface area contributed by atoms with Crippen LogP contribution in [0.15, 0.2) is 110 Å². The third kappa shape index (κ3) is 7.12. The largest absolute Gasteiger partial charge is 0.445 e. The van der Waals surface area contributed by atoms with Crippen LogP contribution in [0.3, 0.4) is 0 Å². The van der Waals surface area contributed by atoms with Gasteiger partial charge in [-0.25, -0.2) is 9.78 Å². The lowest BCUT2D eigenvalue weighted by molar-refractivity contribution is 0.0664. The third-order valence-corrected chi connectivity index (χ3v) is 10.6. The molecule has 9 nitrogen and oxygen atoms in total. The van der Waals surface area contributed by atoms with E-state index in [9.17, 15) is 9.59 Å². The average molecular weight is 681 g/mol. The Bertz CT molecular complexity index is 2160. The normalized spacial score (nSPS) is 15.9. The molecule has 0 unspecified atom stereocenters. The predicted octanol–water partition coefficient (Wildman–Crippen LogP) is 7.14. The number of carbonyl (C=O) groups excluding carboxylic acids is 2. The number of benzene rings is 4. The van der Waals surface area contributed by atoms with Crippen LogP contribution in [0.4, 0.5) is 4.79 Å². The molecule has 0 atom stereocenters. The minimum Gasteiger partial charge on any atom is -0.445 e. The second-order valence-electron chi connectivity index (χ2n) is 14.1. The number of ether oxygens (including phenoxy) is 1. The monoisotopic (exact) mass is 680 g/mol. The van der Waals surface area contributed by atoms with Crippen LogP contribution in [0.5, 0.6) is 0 Å². The van der Waals surface area contributed by atoms with Crippen molar-refractivity contribution >= 4 is 33.5 Å². The van der Waals surface area contributed by atoms with E-state index in [4.69, 9.17) is 4.74 Å². The van der Waals surface area contributed by atoms with E-state index in [1.54, 1.807) is 0 Å². The number of hydrogen-bond acceptors (Lipinski definition) is 5. The van der Waals surface area contributed by atoms with Gasteiger partial charge in [0.05, 0.1) is 24.1 Å². The van der Waals surface area contributed by atoms with E-state index in [0.29, 0.717) is 25.6 Å². The number of amides is 2. The molecule has 0 radical (unpaired) electrons. The Balaban J connectivity index is 0.934. The van der Waals surface area contributed by atoms with E-state index in [1.807, 2.05) is 46.7 Å². The van der Waals surface area contributed by atoms with Gasteiger partial charge in [-0.3, -0.25) is 4.79 Å². The lowest BCUT2D eigenvalue weighted by Gasteiger charge is -2.32. The number of imidazole rings is 1. The molecule has 2 fully saturated rings. The molecule has 0 saturated carbocycles. The average Bonchev–Trinajstić information content (AvgIpc) is 3.80. The molecule has 2 aliphatic heterocycles. The van der Waals surface area contributed by atoms with Gasteiger partial charge in [0.25, 0.3) is 5.91 Å². The van der Waals surface area contributed by atoms with Crippen LogP contribution < -0.4 is 0 Å². The van der Waals surface area contributed by atoms with Crippen LogP contribution in [0.1, 0.15) is 34.5 Å². The Hall–Kier alpha value is -5.41. The zero-order valence-electron chi connectivity index (χ0n) is 29.2. The minimum atomic E-state index is -0.249. The van der Waals surface area contributed by atoms with Crippen molar-refractivity contribution < 1.29 is 14.3 Å². The van der Waals surface area contributed by atoms with Gasteiger partial charge in [-0.15, -0.1) is 0 Å². The summed E-state index contributed by atoms with van der Waals surface area (Å²) in [6.07, 6.45) is 9.55. The van der Waals surface area contributed by atoms with Crippen molar-refractivity contribution in [2.24, 2.45) is 5.92 Å². The minimum absolute atomic E-state index is 0.0841. The van der Waals surface area contributed by atoms with Crippen molar-refractivity contribution in [3.63, 3.8) is 0 Å². The van der Waals surface area contributed by atoms with E-state index in [1.165, 1.54) is 5.39 Å². The van der Waals surface area contributed by atoms with Crippen LogP contribution in [0, 0.1) is 5.92 Å². The maximum Gasteiger partial charge on any atom is 0.410 e. The number of piperidine rings is 1. The Morgan fingerprint density at radius 2 is 1.51 bits per heavy atom. The summed E-state index contributed by atoms with van der Waals surface area (Å²) in [5.41, 5.74) is 4.85. The molecule has 2 amide bonds. The highest BCUT2D eigenvalue weighted by Crippen LogP contribution is 2.33. The third-order valence-electron chi connectivity index (χ3n) is 10.6. The fraction of sp³-hybridized carbons (Fsp3) is 0.310. The van der Waals surface area contributed by atoms with Gasteiger partial charge >= 0.3 is 6.09 Å². The van der Waals surface area contributed by atoms with E-state index in [0.717, 1.165) is 89.7 Å². The highest BCUT2D eigenvalue weighted by Gasteiger charge is 2.27. The van der Waals surface area contributed by atoms with E-state index in [2.05, 4.69) is 99.0 Å². The second kappa shape index (κ2) is 14.4. The number of hydrogen-bond donors (Lipinski definition) is 0. The summed E-state index contributed by atoms with van der Waals surface area (Å²) in [4.78, 5) is 37.6. The Kier molecular flexibility index (Phi) is 9.28. The highest BCUT2D eigenvalue weighted by atomic mass is 16.6. The van der Waals surface area contributed by atoms with Gasteiger partial charge in [-0.05, 0) is 64.5 Å². The van der Waals surface area contributed by atoms with Gasteiger partial charge < -0.3 is 28.6 Å². The molecule has 4 heterocycles. The number of carbonyl (C=O) groups is 2. The molecule has 0 N–H and O–H groups in total. The summed E-state index contributed by atoms with van der Waals surface area (Å²) in [6, 6.07) is 29.1. The van der Waals surface area contributed by atoms with Crippen LogP contribution >= 0.6 is 0 Å². The lowest BCUT2D eigenvalue weighted by atomic mass is 9.97. The van der Waals surface area contributed by atoms with Gasteiger partial charge in [0.2, 0.25) is 0 Å². The summed E-state index contributed by atoms with van der Waals surface area (Å²) in [5.74, 6) is 0.508. The summed E-state index contributed by atoms with van der Waals surface area (Å²) in [6.45, 7) is 6.26. The maximum atomic E-state index is 14.1. The number of likely N-dealkylation sites (N-methyl/N-ethyl adjacent to an activating group) is 1. The molecule has 51 heavy (non-hydrogen) atoms. The van der Waals surface area contributed by atoms with Gasteiger partial charge in [0, 0.05) is 70.0 Å². The van der Waals surface area contributed by atoms with Gasteiger partial charge in [0.15, 0.2) is 0 Å². The number of piperazine rings is 1. The van der Waals surface area contributed by atoms with E-state index >= 15 is 0 Å². The molecule has 260 valence electrons. The molecule has 0 spiro atoms. The first-order chi connectivity index (χ1) is 25.0. The van der Waals surface area contributed by atoms with Crippen molar-refractivity contribution in [3.8, 4) is 11.1 Å². The van der Waals surface area contributed by atoms with Crippen molar-refractivity contribution in [1.82, 2.24) is 28.8 Å². The topological polar surface area (TPSA) is 75.8 Å². The number of rotatable bonds is 8. The molecule has 8 rings (SSSR count). The Morgan fingerprint density at radius 1 is 0.765 bits per heavy atom. The van der Waals surface area contributed by atoms with Crippen LogP contribution in [0.2, 0.25) is 0 Å². The SMILES string of the molecule is CN1CCN(C(=O)c2cn(Cc3cncn3CC3CCN(C(=O)OCc4ccc5ccccc5c4)CC3)cc2-c2cccc3ccccc23)CC1. The van der Waals surface area contributed by atoms with Crippen LogP contribution in [-0.4, -0.2) is 87.1 Å². The molecule has 9 heteroatoms. The van der Waals surface area contributed by atoms with Gasteiger partial charge in [0.1, 0.15) is 6.61 Å². The molecule has 0 aliphatic carbocycles. The smallest absolute Gasteiger partial charge is 0.410 e. The Morgan fingerprint density at radius 3 is 2.33 bits per heavy atom. The Labute approximate surface area is 298 Å². The van der Waals surface area contributed by atoms with E-state index < -0.39 is 0 Å². The summed E-state index contributed by atoms with van der Waals surface area (Å²) < 4.78 is 10.1. The summed E-state index contributed by atoms with van der Waals surface area (Å²) >= 11 is 0. The molecule has 4 aromatic carbocycles. The molecule has 2 aliphatic rings. The first-order valence-electron chi connectivity index (χ1n) is 18.0. The summed E-state index contributed by atoms with van der Waals surface area (Å²) in [5, 5.41) is 4.62. The molecular weight excluding hydrogens is 637 g/mol. The molecule has 2 aromatic heterocycles. The zero-order chi connectivity index (χ0) is 34.7. The quantitative estimate of drug-likeness (QED) is 0.171. The standard InChI is InChI=1S/C42H44N6O3/c1-44-19-21-46(22-20-44)41(49)40-28-45(27-39(40)38-12-6-10-34-8-4-5-11-37(34)38)26-36-24-43-30-48(36)25-31-15-17-47(18-16-31)42(50)51-29-32-13-14-33-7-2-3-9-35(33)23-32/h2-14,23-24,27-28,30-31H,15-22,25-26,29H2,1H3.